The quantitative estimate of drug-likeness (QED) is 0.427. The topological polar surface area (TPSA) is 141 Å². The van der Waals surface area contributed by atoms with Crippen molar-refractivity contribution < 1.29 is 23.9 Å². The van der Waals surface area contributed by atoms with Gasteiger partial charge in [0.2, 0.25) is 0 Å². The van der Waals surface area contributed by atoms with Gasteiger partial charge in [-0.25, -0.2) is 19.6 Å². The molecule has 1 N–H and O–H groups in total. The molecule has 0 radical (unpaired) electrons. The van der Waals surface area contributed by atoms with Crippen molar-refractivity contribution in [3.05, 3.63) is 58.7 Å². The Kier molecular flexibility index (Phi) is 8.05. The van der Waals surface area contributed by atoms with Gasteiger partial charge in [-0.1, -0.05) is 0 Å². The summed E-state index contributed by atoms with van der Waals surface area (Å²) in [6.07, 6.45) is 7.75. The molecule has 5 heterocycles. The Labute approximate surface area is 231 Å². The Morgan fingerprint density at radius 1 is 1.35 bits per heavy atom. The number of fused-ring (bicyclic) bond motifs is 1. The molecule has 12 heteroatoms. The number of methoxy groups -OCH3 is 1. The second-order valence-corrected chi connectivity index (χ2v) is 9.72. The van der Waals surface area contributed by atoms with Crippen LogP contribution in [0.3, 0.4) is 0 Å². The van der Waals surface area contributed by atoms with Gasteiger partial charge in [-0.2, -0.15) is 5.26 Å². The highest BCUT2D eigenvalue weighted by Gasteiger charge is 2.28. The number of aryl methyl sites for hydroxylation is 1. The van der Waals surface area contributed by atoms with E-state index in [2.05, 4.69) is 26.3 Å². The molecule has 2 aromatic rings. The summed E-state index contributed by atoms with van der Waals surface area (Å²) < 4.78 is 10.7. The molecule has 0 aliphatic carbocycles. The maximum absolute atomic E-state index is 13.4. The Morgan fingerprint density at radius 3 is 2.98 bits per heavy atom. The monoisotopic (exact) mass is 543 g/mol. The fourth-order valence-corrected chi connectivity index (χ4v) is 5.19. The third-order valence-electron chi connectivity index (χ3n) is 7.29. The van der Waals surface area contributed by atoms with E-state index in [1.165, 1.54) is 17.4 Å². The van der Waals surface area contributed by atoms with Crippen molar-refractivity contribution in [2.24, 2.45) is 0 Å². The van der Waals surface area contributed by atoms with Crippen LogP contribution in [0.15, 0.2) is 36.4 Å². The number of pyridine rings is 2. The second kappa shape index (κ2) is 12.0. The Hall–Kier alpha value is -4.72. The molecule has 12 nitrogen and oxygen atoms in total. The summed E-state index contributed by atoms with van der Waals surface area (Å²) in [5, 5.41) is 12.4. The van der Waals surface area contributed by atoms with Gasteiger partial charge in [0.15, 0.2) is 6.29 Å². The number of nitrogens with zero attached hydrogens (tertiary/aromatic N) is 6. The van der Waals surface area contributed by atoms with E-state index in [4.69, 9.17) is 9.47 Å². The minimum absolute atomic E-state index is 0.0794. The fourth-order valence-electron chi connectivity index (χ4n) is 5.19. The normalized spacial score (nSPS) is 18.4. The zero-order chi connectivity index (χ0) is 28.1. The summed E-state index contributed by atoms with van der Waals surface area (Å²) in [6, 6.07) is 5.31. The lowest BCUT2D eigenvalue weighted by Gasteiger charge is -2.30. The van der Waals surface area contributed by atoms with Crippen molar-refractivity contribution in [1.82, 2.24) is 14.9 Å². The first-order valence-electron chi connectivity index (χ1n) is 13.0. The molecule has 40 heavy (non-hydrogen) atoms. The predicted molar refractivity (Wildman–Crippen MR) is 146 cm³/mol. The minimum atomic E-state index is -0.432. The summed E-state index contributed by atoms with van der Waals surface area (Å²) in [4.78, 5) is 51.1. The molecule has 1 unspecified atom stereocenters. The number of aromatic nitrogens is 2. The van der Waals surface area contributed by atoms with E-state index in [9.17, 15) is 19.6 Å². The molecular weight excluding hydrogens is 514 g/mol. The van der Waals surface area contributed by atoms with Gasteiger partial charge in [-0.3, -0.25) is 15.0 Å². The summed E-state index contributed by atoms with van der Waals surface area (Å²) in [5.41, 5.74) is 3.13. The van der Waals surface area contributed by atoms with Crippen LogP contribution in [0.4, 0.5) is 22.1 Å². The van der Waals surface area contributed by atoms with E-state index in [1.54, 1.807) is 24.2 Å². The average Bonchev–Trinajstić information content (AvgIpc) is 3.36. The van der Waals surface area contributed by atoms with Crippen molar-refractivity contribution in [3.8, 4) is 6.07 Å². The van der Waals surface area contributed by atoms with Crippen LogP contribution in [0.25, 0.3) is 0 Å². The van der Waals surface area contributed by atoms with Gasteiger partial charge in [-0.15, -0.1) is 0 Å². The van der Waals surface area contributed by atoms with Crippen molar-refractivity contribution in [2.45, 2.75) is 31.9 Å². The number of ether oxygens (including phenoxy) is 2. The summed E-state index contributed by atoms with van der Waals surface area (Å²) >= 11 is 0. The van der Waals surface area contributed by atoms with Crippen molar-refractivity contribution in [1.29, 1.82) is 5.26 Å². The molecule has 0 spiro atoms. The first-order chi connectivity index (χ1) is 19.5. The van der Waals surface area contributed by atoms with Gasteiger partial charge in [0.1, 0.15) is 41.6 Å². The smallest absolute Gasteiger partial charge is 0.328 e. The van der Waals surface area contributed by atoms with E-state index >= 15 is 0 Å². The molecule has 0 aromatic carbocycles. The van der Waals surface area contributed by atoms with Crippen LogP contribution < -0.4 is 15.1 Å². The molecule has 0 bridgehead atoms. The van der Waals surface area contributed by atoms with E-state index in [1.807, 2.05) is 12.0 Å². The zero-order valence-corrected chi connectivity index (χ0v) is 22.1. The highest BCUT2D eigenvalue weighted by Crippen LogP contribution is 2.30. The first kappa shape index (κ1) is 26.9. The van der Waals surface area contributed by atoms with Crippen molar-refractivity contribution in [3.63, 3.8) is 0 Å². The zero-order valence-electron chi connectivity index (χ0n) is 22.1. The minimum Gasteiger partial charge on any atom is -0.494 e. The predicted octanol–water partition coefficient (Wildman–Crippen LogP) is 2.43. The van der Waals surface area contributed by atoms with Crippen LogP contribution in [0, 0.1) is 11.3 Å². The largest absolute Gasteiger partial charge is 0.494 e. The molecule has 1 atom stereocenters. The number of hydrogen-bond donors (Lipinski definition) is 1. The lowest BCUT2D eigenvalue weighted by Crippen LogP contribution is -2.40. The number of aldehydes is 1. The van der Waals surface area contributed by atoms with Crippen LogP contribution in [-0.4, -0.2) is 79.1 Å². The molecule has 1 saturated heterocycles. The molecule has 0 saturated carbocycles. The van der Waals surface area contributed by atoms with Gasteiger partial charge in [0.25, 0.3) is 0 Å². The molecular formula is C28H29N7O5. The van der Waals surface area contributed by atoms with Gasteiger partial charge >= 0.3 is 6.03 Å². The molecule has 3 aliphatic rings. The van der Waals surface area contributed by atoms with Crippen LogP contribution in [0.5, 0.6) is 0 Å². The van der Waals surface area contributed by atoms with E-state index in [0.717, 1.165) is 18.5 Å². The Bertz CT molecular complexity index is 1430. The summed E-state index contributed by atoms with van der Waals surface area (Å²) in [5.74, 6) is 2.64. The van der Waals surface area contributed by atoms with Crippen LogP contribution in [0.1, 0.15) is 40.0 Å². The third kappa shape index (κ3) is 5.52. The highest BCUT2D eigenvalue weighted by molar-refractivity contribution is 6.02. The lowest BCUT2D eigenvalue weighted by molar-refractivity contribution is 0.111. The van der Waals surface area contributed by atoms with E-state index < -0.39 is 6.03 Å². The summed E-state index contributed by atoms with van der Waals surface area (Å²) in [6.45, 7) is 2.59. The van der Waals surface area contributed by atoms with Gasteiger partial charge in [0, 0.05) is 57.7 Å². The van der Waals surface area contributed by atoms with Crippen molar-refractivity contribution >= 4 is 35.6 Å². The molecule has 2 aromatic heterocycles. The molecule has 3 aliphatic heterocycles. The van der Waals surface area contributed by atoms with E-state index in [0.29, 0.717) is 72.9 Å². The lowest BCUT2D eigenvalue weighted by atomic mass is 10.0. The Balaban J connectivity index is 1.37. The number of nitrogens with one attached hydrogen (secondary N) is 1. The number of carbonyl (C=O) groups excluding carboxylic acids is 3. The number of urea groups is 1. The summed E-state index contributed by atoms with van der Waals surface area (Å²) in [7, 11) is 1.67. The van der Waals surface area contributed by atoms with E-state index in [-0.39, 0.29) is 24.9 Å². The number of hydrogen-bond acceptors (Lipinski definition) is 10. The Morgan fingerprint density at radius 2 is 2.23 bits per heavy atom. The number of anilines is 3. The maximum atomic E-state index is 13.4. The van der Waals surface area contributed by atoms with Crippen LogP contribution in [0.2, 0.25) is 0 Å². The standard InChI is InChI=1S/C28H29N7O5/c1-39-23-5-8-34(15-23)25-11-26(30-13-21(25)12-29)32-28(38)35-7-2-4-19-10-20(24(17-37)31-27(19)35)14-33-6-3-9-40-18-22(33)16-36/h3,9-11,13,17,23H,2,4-8,14-15,18H2,1H3,(H,30,32,38). The highest BCUT2D eigenvalue weighted by atomic mass is 16.5. The third-order valence-corrected chi connectivity index (χ3v) is 7.29. The van der Waals surface area contributed by atoms with Crippen molar-refractivity contribution in [2.75, 3.05) is 55.0 Å². The van der Waals surface area contributed by atoms with Gasteiger partial charge < -0.3 is 19.3 Å². The molecule has 1 fully saturated rings. The molecule has 2 amide bonds. The number of carbonyl (C=O) groups is 2. The second-order valence-electron chi connectivity index (χ2n) is 9.72. The van der Waals surface area contributed by atoms with Crippen LogP contribution in [-0.2, 0) is 27.2 Å². The van der Waals surface area contributed by atoms with Crippen LogP contribution >= 0.6 is 0 Å². The van der Waals surface area contributed by atoms with Gasteiger partial charge in [0.05, 0.1) is 23.6 Å². The maximum Gasteiger partial charge on any atom is 0.328 e. The average molecular weight is 544 g/mol. The number of rotatable bonds is 6. The fraction of sp³-hybridized carbons (Fsp3) is 0.393. The molecule has 5 rings (SSSR count). The SMILES string of the molecule is COC1CCN(c2cc(NC(=O)N3CCCc4cc(CN5CC=COCC5=C=O)c(C=O)nc43)ncc2C#N)C1. The first-order valence-corrected chi connectivity index (χ1v) is 13.0. The molecule has 206 valence electrons. The number of amides is 2. The number of nitriles is 1. The van der Waals surface area contributed by atoms with Gasteiger partial charge in [-0.05, 0) is 37.0 Å².